The number of hydrogen-bond acceptors (Lipinski definition) is 4. The van der Waals surface area contributed by atoms with Crippen LogP contribution in [0, 0.1) is 22.7 Å². The maximum atomic E-state index is 14.5. The predicted molar refractivity (Wildman–Crippen MR) is 223 cm³/mol. The van der Waals surface area contributed by atoms with Gasteiger partial charge in [-0.15, -0.1) is 0 Å². The van der Waals surface area contributed by atoms with E-state index in [4.69, 9.17) is 9.97 Å². The third kappa shape index (κ3) is 7.23. The van der Waals surface area contributed by atoms with E-state index in [1.807, 2.05) is 66.7 Å². The van der Waals surface area contributed by atoms with Gasteiger partial charge in [0.15, 0.2) is 5.82 Å². The normalized spacial score (nSPS) is 11.7. The van der Waals surface area contributed by atoms with Gasteiger partial charge in [-0.25, -0.2) is 9.97 Å². The Hall–Kier alpha value is -8.02. The second-order valence-electron chi connectivity index (χ2n) is 14.3. The van der Waals surface area contributed by atoms with Gasteiger partial charge in [-0.1, -0.05) is 84.9 Å². The molecule has 0 N–H and O–H groups in total. The van der Waals surface area contributed by atoms with Gasteiger partial charge in [-0.05, 0) is 90.0 Å². The summed E-state index contributed by atoms with van der Waals surface area (Å²) in [6.45, 7) is 0. The van der Waals surface area contributed by atoms with Crippen LogP contribution < -0.4 is 0 Å². The number of rotatable bonds is 6. The molecule has 7 aromatic carbocycles. The fourth-order valence-corrected chi connectivity index (χ4v) is 7.66. The summed E-state index contributed by atoms with van der Waals surface area (Å²) in [5.41, 5.74) is 3.57. The number of nitrogens with zero attached hydrogens (tertiary/aromatic N) is 5. The Balaban J connectivity index is 1.46. The highest BCUT2D eigenvalue weighted by Crippen LogP contribution is 2.46. The van der Waals surface area contributed by atoms with Crippen LogP contribution in [0.2, 0.25) is 0 Å². The van der Waals surface area contributed by atoms with Gasteiger partial charge in [0, 0.05) is 38.6 Å². The molecule has 61 heavy (non-hydrogen) atoms. The van der Waals surface area contributed by atoms with Crippen molar-refractivity contribution in [1.29, 1.82) is 10.5 Å². The van der Waals surface area contributed by atoms with Gasteiger partial charge in [0.2, 0.25) is 0 Å². The molecule has 9 rings (SSSR count). The average Bonchev–Trinajstić information content (AvgIpc) is 3.60. The molecule has 0 radical (unpaired) electrons. The summed E-state index contributed by atoms with van der Waals surface area (Å²) in [6.07, 6.45) is -9.47. The zero-order valence-corrected chi connectivity index (χ0v) is 31.6. The molecule has 0 fully saturated rings. The van der Waals surface area contributed by atoms with E-state index in [2.05, 4.69) is 12.1 Å². The van der Waals surface area contributed by atoms with E-state index in [9.17, 15) is 36.9 Å². The van der Waals surface area contributed by atoms with E-state index in [1.54, 1.807) is 53.1 Å². The summed E-state index contributed by atoms with van der Waals surface area (Å²) in [4.78, 5) is 9.95. The lowest BCUT2D eigenvalue weighted by Crippen LogP contribution is -2.07. The Morgan fingerprint density at radius 3 is 1.26 bits per heavy atom. The highest BCUT2D eigenvalue weighted by Gasteiger charge is 2.33. The molecule has 0 unspecified atom stereocenters. The van der Waals surface area contributed by atoms with Crippen molar-refractivity contribution in [3.63, 3.8) is 0 Å². The van der Waals surface area contributed by atoms with Crippen LogP contribution in [0.1, 0.15) is 22.3 Å². The first-order valence-electron chi connectivity index (χ1n) is 18.8. The third-order valence-electron chi connectivity index (χ3n) is 10.5. The van der Waals surface area contributed by atoms with E-state index < -0.39 is 23.5 Å². The van der Waals surface area contributed by atoms with Gasteiger partial charge in [-0.2, -0.15) is 36.9 Å². The largest absolute Gasteiger partial charge is 0.416 e. The van der Waals surface area contributed by atoms with Crippen LogP contribution >= 0.6 is 0 Å². The number of alkyl halides is 6. The monoisotopic (exact) mass is 811 g/mol. The van der Waals surface area contributed by atoms with E-state index in [-0.39, 0.29) is 33.8 Å². The van der Waals surface area contributed by atoms with Gasteiger partial charge >= 0.3 is 12.4 Å². The van der Waals surface area contributed by atoms with Gasteiger partial charge in [0.05, 0.1) is 62.5 Å². The number of halogens is 6. The van der Waals surface area contributed by atoms with Crippen LogP contribution in [0.3, 0.4) is 0 Å². The van der Waals surface area contributed by atoms with Crippen LogP contribution in [0.4, 0.5) is 26.3 Å². The zero-order chi connectivity index (χ0) is 42.5. The molecule has 0 saturated carbocycles. The smallest absolute Gasteiger partial charge is 0.308 e. The van der Waals surface area contributed by atoms with E-state index in [0.717, 1.165) is 35.4 Å². The van der Waals surface area contributed by atoms with Crippen molar-refractivity contribution in [2.75, 3.05) is 0 Å². The molecule has 5 nitrogen and oxygen atoms in total. The van der Waals surface area contributed by atoms with Gasteiger partial charge < -0.3 is 4.57 Å². The molecule has 0 saturated heterocycles. The number of aromatic nitrogens is 3. The first-order chi connectivity index (χ1) is 29.4. The molecule has 11 heteroatoms. The maximum absolute atomic E-state index is 14.5. The summed E-state index contributed by atoms with van der Waals surface area (Å²) in [5, 5.41) is 20.9. The number of benzene rings is 7. The summed E-state index contributed by atoms with van der Waals surface area (Å²) in [6, 6.07) is 47.4. The van der Waals surface area contributed by atoms with Crippen molar-refractivity contribution in [2.45, 2.75) is 12.4 Å². The van der Waals surface area contributed by atoms with E-state index in [0.29, 0.717) is 49.9 Å². The van der Waals surface area contributed by atoms with Gasteiger partial charge in [-0.3, -0.25) is 0 Å². The van der Waals surface area contributed by atoms with Crippen LogP contribution in [-0.2, 0) is 12.4 Å². The number of nitriles is 2. The van der Waals surface area contributed by atoms with Crippen molar-refractivity contribution in [3.05, 3.63) is 186 Å². The van der Waals surface area contributed by atoms with Crippen LogP contribution in [0.5, 0.6) is 0 Å². The molecular weight excluding hydrogens is 785 g/mol. The third-order valence-corrected chi connectivity index (χ3v) is 10.5. The summed E-state index contributed by atoms with van der Waals surface area (Å²) < 4.78 is 88.7. The second-order valence-corrected chi connectivity index (χ2v) is 14.3. The fraction of sp³-hybridized carbons (Fsp3) is 0.0400. The lowest BCUT2D eigenvalue weighted by Gasteiger charge is -2.22. The molecule has 0 bridgehead atoms. The Morgan fingerprint density at radius 2 is 0.852 bits per heavy atom. The minimum Gasteiger partial charge on any atom is -0.308 e. The summed E-state index contributed by atoms with van der Waals surface area (Å²) in [7, 11) is 0. The number of hydrogen-bond donors (Lipinski definition) is 0. The molecule has 0 amide bonds. The van der Waals surface area contributed by atoms with Crippen molar-refractivity contribution >= 4 is 21.8 Å². The molecule has 9 aromatic rings. The lowest BCUT2D eigenvalue weighted by molar-refractivity contribution is -0.138. The van der Waals surface area contributed by atoms with Crippen molar-refractivity contribution in [1.82, 2.24) is 14.5 Å². The molecule has 294 valence electrons. The second kappa shape index (κ2) is 15.0. The average molecular weight is 812 g/mol. The van der Waals surface area contributed by atoms with Crippen molar-refractivity contribution < 1.29 is 26.3 Å². The Kier molecular flexibility index (Phi) is 9.45. The Morgan fingerprint density at radius 1 is 0.426 bits per heavy atom. The van der Waals surface area contributed by atoms with Gasteiger partial charge in [0.1, 0.15) is 0 Å². The molecule has 0 atom stereocenters. The lowest BCUT2D eigenvalue weighted by atomic mass is 9.91. The number of fused-ring (bicyclic) bond motifs is 3. The molecule has 0 aliphatic heterocycles. The van der Waals surface area contributed by atoms with Crippen molar-refractivity contribution in [3.8, 4) is 74.0 Å². The van der Waals surface area contributed by atoms with Crippen LogP contribution in [0.25, 0.3) is 83.6 Å². The fourth-order valence-electron chi connectivity index (χ4n) is 7.66. The van der Waals surface area contributed by atoms with Crippen LogP contribution in [0.15, 0.2) is 164 Å². The predicted octanol–water partition coefficient (Wildman–Crippen LogP) is 13.7. The van der Waals surface area contributed by atoms with E-state index >= 15 is 0 Å². The maximum Gasteiger partial charge on any atom is 0.416 e. The molecule has 2 heterocycles. The van der Waals surface area contributed by atoms with E-state index in [1.165, 1.54) is 24.3 Å². The van der Waals surface area contributed by atoms with Crippen LogP contribution in [-0.4, -0.2) is 14.5 Å². The molecule has 0 aliphatic carbocycles. The minimum atomic E-state index is -4.73. The molecule has 0 spiro atoms. The molecule has 0 aliphatic rings. The molecular formula is C50H27F6N5. The summed E-state index contributed by atoms with van der Waals surface area (Å²) >= 11 is 0. The minimum absolute atomic E-state index is 0.111. The summed E-state index contributed by atoms with van der Waals surface area (Å²) in [5.74, 6) is 0.174. The standard InChI is InChI=1S/C50H27F6N5/c51-49(52,53)37-15-7-13-34(23-37)39-25-36(48-59-43(32-9-3-1-4-10-32)27-44(60-48)33-11-5-2-6-12-33)26-40(35-14-8-16-38(24-35)50(54,55)56)47(39)61-45-19-17-30(28-57)21-41(45)42-22-31(29-58)18-20-46(42)61/h1-27H. The Labute approximate surface area is 344 Å². The Bertz CT molecular complexity index is 3040. The quantitative estimate of drug-likeness (QED) is 0.157. The highest BCUT2D eigenvalue weighted by molar-refractivity contribution is 6.11. The first kappa shape index (κ1) is 38.5. The van der Waals surface area contributed by atoms with Crippen molar-refractivity contribution in [2.24, 2.45) is 0 Å². The topological polar surface area (TPSA) is 78.3 Å². The molecule has 2 aromatic heterocycles. The highest BCUT2D eigenvalue weighted by atomic mass is 19.4. The first-order valence-corrected chi connectivity index (χ1v) is 18.8. The van der Waals surface area contributed by atoms with Gasteiger partial charge in [0.25, 0.3) is 0 Å². The zero-order valence-electron chi connectivity index (χ0n) is 31.6. The SMILES string of the molecule is N#Cc1ccc2c(c1)c1cc(C#N)ccc1n2-c1c(-c2cccc(C(F)(F)F)c2)cc(-c2nc(-c3ccccc3)cc(-c3ccccc3)n2)cc1-c1cccc(C(F)(F)F)c1.